The molecule has 1 aliphatic carbocycles. The van der Waals surface area contributed by atoms with Gasteiger partial charge in [0, 0.05) is 69.0 Å². The number of anilines is 2. The summed E-state index contributed by atoms with van der Waals surface area (Å²) >= 11 is 6.48. The average Bonchev–Trinajstić information content (AvgIpc) is 3.64. The fraction of sp³-hybridized carbons (Fsp3) is 0.250. The largest absolute Gasteiger partial charge is 0.354 e. The molecule has 1 amide bonds. The number of nitrogens with zero attached hydrogens (tertiary/aromatic N) is 7. The molecule has 0 unspecified atom stereocenters. The van der Waals surface area contributed by atoms with E-state index in [0.717, 1.165) is 73.9 Å². The van der Waals surface area contributed by atoms with Crippen molar-refractivity contribution in [3.63, 3.8) is 0 Å². The molecular formula is C32H30ClFN8O. The number of nitrogens with one attached hydrogen (secondary N) is 1. The summed E-state index contributed by atoms with van der Waals surface area (Å²) in [6.45, 7) is 4.21. The van der Waals surface area contributed by atoms with Crippen molar-refractivity contribution < 1.29 is 9.18 Å². The second-order valence-electron chi connectivity index (χ2n) is 11.0. The molecule has 1 saturated heterocycles. The molecule has 43 heavy (non-hydrogen) atoms. The summed E-state index contributed by atoms with van der Waals surface area (Å²) in [5.41, 5.74) is 7.23. The number of carbonyl (C=O) groups excluding carboxylic acids is 1. The molecule has 3 aromatic heterocycles. The first-order chi connectivity index (χ1) is 20.9. The number of hydrogen-bond acceptors (Lipinski definition) is 6. The van der Waals surface area contributed by atoms with E-state index < -0.39 is 0 Å². The zero-order chi connectivity index (χ0) is 29.5. The maximum absolute atomic E-state index is 13.6. The number of benzene rings is 2. The summed E-state index contributed by atoms with van der Waals surface area (Å²) in [5, 5.41) is 12.2. The molecule has 218 valence electrons. The minimum Gasteiger partial charge on any atom is -0.354 e. The van der Waals surface area contributed by atoms with Gasteiger partial charge in [0.05, 0.1) is 34.4 Å². The Kier molecular flexibility index (Phi) is 7.16. The first-order valence-electron chi connectivity index (χ1n) is 14.3. The van der Waals surface area contributed by atoms with E-state index in [1.807, 2.05) is 53.2 Å². The Labute approximate surface area is 253 Å². The van der Waals surface area contributed by atoms with Gasteiger partial charge >= 0.3 is 0 Å². The Morgan fingerprint density at radius 2 is 1.74 bits per heavy atom. The SMILES string of the molecule is Cn1cc(CN2CCN(c3cc(C(=O)Nc4ccc5c(c4)-c4c(cnn4-c4ccc(F)cc4)CC5)c(Cl)cn3)CC2)cn1. The number of aryl methyl sites for hydroxylation is 3. The van der Waals surface area contributed by atoms with Gasteiger partial charge in [-0.1, -0.05) is 17.7 Å². The van der Waals surface area contributed by atoms with E-state index in [-0.39, 0.29) is 11.7 Å². The van der Waals surface area contributed by atoms with Crippen LogP contribution in [0, 0.1) is 5.82 Å². The molecule has 0 spiro atoms. The number of rotatable bonds is 6. The summed E-state index contributed by atoms with van der Waals surface area (Å²) in [6, 6.07) is 14.0. The van der Waals surface area contributed by atoms with Crippen LogP contribution in [0.4, 0.5) is 15.9 Å². The van der Waals surface area contributed by atoms with Gasteiger partial charge in [-0.3, -0.25) is 14.4 Å². The van der Waals surface area contributed by atoms with Gasteiger partial charge in [0.15, 0.2) is 0 Å². The lowest BCUT2D eigenvalue weighted by Crippen LogP contribution is -2.46. The molecule has 2 aromatic carbocycles. The molecule has 5 aromatic rings. The van der Waals surface area contributed by atoms with Crippen molar-refractivity contribution in [2.24, 2.45) is 7.05 Å². The van der Waals surface area contributed by atoms with Crippen LogP contribution in [0.2, 0.25) is 5.02 Å². The number of piperazine rings is 1. The van der Waals surface area contributed by atoms with Crippen molar-refractivity contribution in [1.29, 1.82) is 0 Å². The van der Waals surface area contributed by atoms with Crippen LogP contribution in [0.25, 0.3) is 16.9 Å². The first kappa shape index (κ1) is 27.3. The Morgan fingerprint density at radius 1 is 0.953 bits per heavy atom. The minimum atomic E-state index is -0.299. The molecular weight excluding hydrogens is 567 g/mol. The molecule has 2 aliphatic rings. The zero-order valence-corrected chi connectivity index (χ0v) is 24.4. The molecule has 11 heteroatoms. The fourth-order valence-electron chi connectivity index (χ4n) is 5.91. The third-order valence-corrected chi connectivity index (χ3v) is 8.45. The normalized spacial score (nSPS) is 14.8. The van der Waals surface area contributed by atoms with Crippen molar-refractivity contribution >= 4 is 29.0 Å². The molecule has 1 N–H and O–H groups in total. The van der Waals surface area contributed by atoms with Crippen LogP contribution in [-0.2, 0) is 26.4 Å². The van der Waals surface area contributed by atoms with Gasteiger partial charge in [-0.05, 0) is 66.4 Å². The van der Waals surface area contributed by atoms with E-state index in [2.05, 4.69) is 30.3 Å². The number of halogens is 2. The van der Waals surface area contributed by atoms with Gasteiger partial charge in [-0.25, -0.2) is 14.1 Å². The molecule has 1 aliphatic heterocycles. The molecule has 9 nitrogen and oxygen atoms in total. The second-order valence-corrected chi connectivity index (χ2v) is 11.4. The number of aromatic nitrogens is 5. The molecule has 0 saturated carbocycles. The van der Waals surface area contributed by atoms with Gasteiger partial charge < -0.3 is 10.2 Å². The lowest BCUT2D eigenvalue weighted by atomic mass is 9.90. The summed E-state index contributed by atoms with van der Waals surface area (Å²) in [6.07, 6.45) is 9.10. The van der Waals surface area contributed by atoms with E-state index in [1.54, 1.807) is 24.4 Å². The third kappa shape index (κ3) is 5.51. The molecule has 7 rings (SSSR count). The highest BCUT2D eigenvalue weighted by Crippen LogP contribution is 2.37. The number of amides is 1. The smallest absolute Gasteiger partial charge is 0.257 e. The molecule has 1 fully saturated rings. The highest BCUT2D eigenvalue weighted by atomic mass is 35.5. The predicted octanol–water partition coefficient (Wildman–Crippen LogP) is 5.13. The maximum Gasteiger partial charge on any atom is 0.257 e. The third-order valence-electron chi connectivity index (χ3n) is 8.15. The predicted molar refractivity (Wildman–Crippen MR) is 164 cm³/mol. The van der Waals surface area contributed by atoms with Crippen LogP contribution in [0.3, 0.4) is 0 Å². The molecule has 0 atom stereocenters. The number of pyridine rings is 1. The van der Waals surface area contributed by atoms with Gasteiger partial charge in [-0.2, -0.15) is 10.2 Å². The zero-order valence-electron chi connectivity index (χ0n) is 23.7. The highest BCUT2D eigenvalue weighted by Gasteiger charge is 2.24. The van der Waals surface area contributed by atoms with Gasteiger partial charge in [0.25, 0.3) is 5.91 Å². The lowest BCUT2D eigenvalue weighted by Gasteiger charge is -2.35. The molecule has 4 heterocycles. The van der Waals surface area contributed by atoms with E-state index in [0.29, 0.717) is 16.3 Å². The second kappa shape index (κ2) is 11.3. The summed E-state index contributed by atoms with van der Waals surface area (Å²) < 4.78 is 17.2. The molecule has 0 bridgehead atoms. The van der Waals surface area contributed by atoms with Crippen LogP contribution < -0.4 is 10.2 Å². The number of hydrogen-bond donors (Lipinski definition) is 1. The highest BCUT2D eigenvalue weighted by molar-refractivity contribution is 6.34. The summed E-state index contributed by atoms with van der Waals surface area (Å²) in [4.78, 5) is 22.6. The number of carbonyl (C=O) groups is 1. The Morgan fingerprint density at radius 3 is 2.51 bits per heavy atom. The van der Waals surface area contributed by atoms with E-state index >= 15 is 0 Å². The van der Waals surface area contributed by atoms with E-state index in [9.17, 15) is 9.18 Å². The maximum atomic E-state index is 13.6. The van der Waals surface area contributed by atoms with Gasteiger partial charge in [0.2, 0.25) is 0 Å². The fourth-order valence-corrected chi connectivity index (χ4v) is 6.10. The van der Waals surface area contributed by atoms with Crippen LogP contribution in [0.1, 0.15) is 27.0 Å². The van der Waals surface area contributed by atoms with Gasteiger partial charge in [-0.15, -0.1) is 0 Å². The van der Waals surface area contributed by atoms with Crippen molar-refractivity contribution in [3.8, 4) is 16.9 Å². The van der Waals surface area contributed by atoms with Crippen molar-refractivity contribution in [2.45, 2.75) is 19.4 Å². The van der Waals surface area contributed by atoms with Crippen molar-refractivity contribution in [2.75, 3.05) is 36.4 Å². The average molecular weight is 597 g/mol. The summed E-state index contributed by atoms with van der Waals surface area (Å²) in [5.74, 6) is 0.136. The van der Waals surface area contributed by atoms with E-state index in [4.69, 9.17) is 11.6 Å². The lowest BCUT2D eigenvalue weighted by molar-refractivity contribution is 0.102. The Balaban J connectivity index is 1.08. The Bertz CT molecular complexity index is 1810. The standard InChI is InChI=1S/C32H30ClFN8O/c1-39-19-21(16-36-39)20-40-10-12-41(13-11-40)30-15-28(29(33)18-35-30)32(43)38-25-7-4-22-2-3-23-17-37-42(31(23)27(22)14-25)26-8-5-24(34)6-9-26/h4-9,14-19H,2-3,10-13,20H2,1H3,(H,38,43). The van der Waals surface area contributed by atoms with Crippen LogP contribution >= 0.6 is 11.6 Å². The monoisotopic (exact) mass is 596 g/mol. The van der Waals surface area contributed by atoms with Crippen molar-refractivity contribution in [3.05, 3.63) is 106 Å². The van der Waals surface area contributed by atoms with Gasteiger partial charge in [0.1, 0.15) is 11.6 Å². The van der Waals surface area contributed by atoms with Crippen LogP contribution in [0.5, 0.6) is 0 Å². The summed E-state index contributed by atoms with van der Waals surface area (Å²) in [7, 11) is 1.93. The first-order valence-corrected chi connectivity index (χ1v) is 14.7. The van der Waals surface area contributed by atoms with E-state index in [1.165, 1.54) is 23.3 Å². The van der Waals surface area contributed by atoms with Crippen LogP contribution in [-0.4, -0.2) is 61.5 Å². The quantitative estimate of drug-likeness (QED) is 0.292. The van der Waals surface area contributed by atoms with Crippen LogP contribution in [0.15, 0.2) is 73.3 Å². The number of fused-ring (bicyclic) bond motifs is 3. The molecule has 0 radical (unpaired) electrons. The Hall–Kier alpha value is -4.54. The van der Waals surface area contributed by atoms with Crippen molar-refractivity contribution in [1.82, 2.24) is 29.4 Å². The topological polar surface area (TPSA) is 84.1 Å². The minimum absolute atomic E-state index is 0.295.